The summed E-state index contributed by atoms with van der Waals surface area (Å²) in [5.74, 6) is 1.62. The SMILES string of the molecule is FC(F)(F)c1ccc(Br)c(NC2=NC3CCCC3CS2)c1. The van der Waals surface area contributed by atoms with Crippen molar-refractivity contribution in [3.8, 4) is 0 Å². The van der Waals surface area contributed by atoms with Crippen LogP contribution >= 0.6 is 27.7 Å². The fourth-order valence-corrected chi connectivity index (χ4v) is 4.24. The number of hydrogen-bond acceptors (Lipinski definition) is 3. The second-order valence-corrected chi connectivity index (χ2v) is 7.18. The van der Waals surface area contributed by atoms with E-state index in [1.807, 2.05) is 0 Å². The van der Waals surface area contributed by atoms with E-state index in [1.54, 1.807) is 11.8 Å². The van der Waals surface area contributed by atoms with Crippen molar-refractivity contribution in [2.24, 2.45) is 10.9 Å². The molecule has 2 unspecified atom stereocenters. The van der Waals surface area contributed by atoms with Crippen LogP contribution in [0.2, 0.25) is 0 Å². The Labute approximate surface area is 133 Å². The third-order valence-corrected chi connectivity index (χ3v) is 5.64. The smallest absolute Gasteiger partial charge is 0.334 e. The van der Waals surface area contributed by atoms with Gasteiger partial charge in [0.15, 0.2) is 5.17 Å². The first-order valence-corrected chi connectivity index (χ1v) is 8.56. The molecule has 1 aromatic rings. The topological polar surface area (TPSA) is 24.4 Å². The minimum atomic E-state index is -4.34. The number of benzene rings is 1. The molecule has 0 spiro atoms. The molecule has 0 bridgehead atoms. The number of amidine groups is 1. The number of alkyl halides is 3. The number of fused-ring (bicyclic) bond motifs is 1. The zero-order chi connectivity index (χ0) is 15.0. The van der Waals surface area contributed by atoms with E-state index in [-0.39, 0.29) is 0 Å². The molecule has 3 rings (SSSR count). The average Bonchev–Trinajstić information content (AvgIpc) is 2.87. The van der Waals surface area contributed by atoms with Crippen molar-refractivity contribution in [1.29, 1.82) is 0 Å². The Bertz CT molecular complexity index is 574. The minimum absolute atomic E-state index is 0.332. The molecule has 1 aliphatic carbocycles. The van der Waals surface area contributed by atoms with Crippen LogP contribution in [0.4, 0.5) is 18.9 Å². The van der Waals surface area contributed by atoms with E-state index in [0.717, 1.165) is 29.5 Å². The summed E-state index contributed by atoms with van der Waals surface area (Å²) in [6.07, 6.45) is -0.850. The minimum Gasteiger partial charge on any atom is -0.334 e. The standard InChI is InChI=1S/C14H14BrF3N2S/c15-10-5-4-9(14(16,17)18)6-12(10)20-13-19-11-3-1-2-8(11)7-21-13/h4-6,8,11H,1-3,7H2,(H,19,20). The van der Waals surface area contributed by atoms with Gasteiger partial charge in [0.05, 0.1) is 17.3 Å². The van der Waals surface area contributed by atoms with E-state index < -0.39 is 11.7 Å². The number of nitrogens with one attached hydrogen (secondary N) is 1. The molecule has 1 aliphatic heterocycles. The Morgan fingerprint density at radius 3 is 2.86 bits per heavy atom. The molecule has 0 radical (unpaired) electrons. The summed E-state index contributed by atoms with van der Waals surface area (Å²) in [7, 11) is 0. The lowest BCUT2D eigenvalue weighted by Crippen LogP contribution is -2.25. The van der Waals surface area contributed by atoms with E-state index in [1.165, 1.54) is 18.9 Å². The fourth-order valence-electron chi connectivity index (χ4n) is 2.74. The van der Waals surface area contributed by atoms with E-state index in [2.05, 4.69) is 26.2 Å². The van der Waals surface area contributed by atoms with Crippen molar-refractivity contribution in [3.05, 3.63) is 28.2 Å². The highest BCUT2D eigenvalue weighted by atomic mass is 79.9. The first kappa shape index (κ1) is 15.2. The molecule has 114 valence electrons. The van der Waals surface area contributed by atoms with Gasteiger partial charge in [0.1, 0.15) is 0 Å². The molecule has 7 heteroatoms. The molecular formula is C14H14BrF3N2S. The van der Waals surface area contributed by atoms with Crippen molar-refractivity contribution < 1.29 is 13.2 Å². The number of hydrogen-bond donors (Lipinski definition) is 1. The summed E-state index contributed by atoms with van der Waals surface area (Å²) >= 11 is 4.88. The number of anilines is 1. The molecule has 2 atom stereocenters. The highest BCUT2D eigenvalue weighted by molar-refractivity contribution is 9.10. The van der Waals surface area contributed by atoms with Gasteiger partial charge in [-0.15, -0.1) is 0 Å². The average molecular weight is 379 g/mol. The summed E-state index contributed by atoms with van der Waals surface area (Å²) < 4.78 is 38.9. The number of nitrogens with zero attached hydrogens (tertiary/aromatic N) is 1. The largest absolute Gasteiger partial charge is 0.416 e. The predicted molar refractivity (Wildman–Crippen MR) is 83.8 cm³/mol. The van der Waals surface area contributed by atoms with Crippen molar-refractivity contribution >= 4 is 38.5 Å². The van der Waals surface area contributed by atoms with E-state index in [9.17, 15) is 13.2 Å². The van der Waals surface area contributed by atoms with Gasteiger partial charge in [-0.3, -0.25) is 4.99 Å². The normalized spacial score (nSPS) is 25.4. The maximum absolute atomic E-state index is 12.8. The molecule has 1 fully saturated rings. The van der Waals surface area contributed by atoms with E-state index in [0.29, 0.717) is 22.1 Å². The Morgan fingerprint density at radius 1 is 1.29 bits per heavy atom. The van der Waals surface area contributed by atoms with Gasteiger partial charge in [0.2, 0.25) is 0 Å². The fraction of sp³-hybridized carbons (Fsp3) is 0.500. The summed E-state index contributed by atoms with van der Waals surface area (Å²) in [5, 5.41) is 3.76. The lowest BCUT2D eigenvalue weighted by Gasteiger charge is -2.24. The molecular weight excluding hydrogens is 365 g/mol. The van der Waals surface area contributed by atoms with Gasteiger partial charge < -0.3 is 5.32 Å². The summed E-state index contributed by atoms with van der Waals surface area (Å²) in [6, 6.07) is 3.93. The van der Waals surface area contributed by atoms with Crippen LogP contribution in [0.3, 0.4) is 0 Å². The summed E-state index contributed by atoms with van der Waals surface area (Å²) in [5.41, 5.74) is -0.249. The molecule has 1 heterocycles. The molecule has 2 aliphatic rings. The number of thioether (sulfide) groups is 1. The molecule has 0 aromatic heterocycles. The monoisotopic (exact) mass is 378 g/mol. The number of rotatable bonds is 1. The maximum atomic E-state index is 12.8. The molecule has 1 N–H and O–H groups in total. The Balaban J connectivity index is 1.81. The summed E-state index contributed by atoms with van der Waals surface area (Å²) in [4.78, 5) is 4.64. The van der Waals surface area contributed by atoms with Crippen molar-refractivity contribution in [3.63, 3.8) is 0 Å². The first-order chi connectivity index (χ1) is 9.93. The van der Waals surface area contributed by atoms with Crippen LogP contribution in [-0.2, 0) is 6.18 Å². The molecule has 0 amide bonds. The van der Waals surface area contributed by atoms with Crippen LogP contribution in [0, 0.1) is 5.92 Å². The second-order valence-electron chi connectivity index (χ2n) is 5.32. The van der Waals surface area contributed by atoms with Gasteiger partial charge in [-0.05, 0) is 52.9 Å². The predicted octanol–water partition coefficient (Wildman–Crippen LogP) is 5.15. The number of halogens is 4. The molecule has 21 heavy (non-hydrogen) atoms. The highest BCUT2D eigenvalue weighted by Gasteiger charge is 2.32. The first-order valence-electron chi connectivity index (χ1n) is 6.78. The molecule has 1 saturated carbocycles. The van der Waals surface area contributed by atoms with Gasteiger partial charge in [-0.2, -0.15) is 13.2 Å². The van der Waals surface area contributed by atoms with Gasteiger partial charge in [-0.25, -0.2) is 0 Å². The third-order valence-electron chi connectivity index (χ3n) is 3.87. The van der Waals surface area contributed by atoms with E-state index in [4.69, 9.17) is 0 Å². The van der Waals surface area contributed by atoms with Gasteiger partial charge >= 0.3 is 6.18 Å². The lowest BCUT2D eigenvalue weighted by molar-refractivity contribution is -0.137. The molecule has 1 aromatic carbocycles. The second kappa shape index (κ2) is 5.83. The maximum Gasteiger partial charge on any atom is 0.416 e. The van der Waals surface area contributed by atoms with Crippen LogP contribution in [0.15, 0.2) is 27.7 Å². The Hall–Kier alpha value is -0.690. The van der Waals surface area contributed by atoms with Crippen molar-refractivity contribution in [1.82, 2.24) is 0 Å². The quantitative estimate of drug-likeness (QED) is 0.730. The zero-order valence-corrected chi connectivity index (χ0v) is 13.5. The van der Waals surface area contributed by atoms with Gasteiger partial charge in [0.25, 0.3) is 0 Å². The van der Waals surface area contributed by atoms with Crippen LogP contribution in [0.5, 0.6) is 0 Å². The van der Waals surface area contributed by atoms with Crippen molar-refractivity contribution in [2.75, 3.05) is 11.1 Å². The van der Waals surface area contributed by atoms with Gasteiger partial charge in [-0.1, -0.05) is 18.2 Å². The highest BCUT2D eigenvalue weighted by Crippen LogP contribution is 2.37. The van der Waals surface area contributed by atoms with Crippen LogP contribution in [0.25, 0.3) is 0 Å². The van der Waals surface area contributed by atoms with Crippen LogP contribution < -0.4 is 5.32 Å². The zero-order valence-electron chi connectivity index (χ0n) is 11.1. The van der Waals surface area contributed by atoms with Crippen LogP contribution in [0.1, 0.15) is 24.8 Å². The molecule has 0 saturated heterocycles. The van der Waals surface area contributed by atoms with Gasteiger partial charge in [0, 0.05) is 10.2 Å². The Kier molecular flexibility index (Phi) is 4.23. The third kappa shape index (κ3) is 3.39. The van der Waals surface area contributed by atoms with Crippen LogP contribution in [-0.4, -0.2) is 17.0 Å². The summed E-state index contributed by atoms with van der Waals surface area (Å²) in [6.45, 7) is 0. The molecule has 2 nitrogen and oxygen atoms in total. The van der Waals surface area contributed by atoms with E-state index >= 15 is 0 Å². The lowest BCUT2D eigenvalue weighted by atomic mass is 10.1. The Morgan fingerprint density at radius 2 is 2.10 bits per heavy atom. The number of aliphatic imine (C=N–C) groups is 1. The van der Waals surface area contributed by atoms with Crippen molar-refractivity contribution in [2.45, 2.75) is 31.5 Å².